The Morgan fingerprint density at radius 2 is 1.95 bits per heavy atom. The van der Waals surface area contributed by atoms with E-state index >= 15 is 0 Å². The first kappa shape index (κ1) is 15.4. The lowest BCUT2D eigenvalue weighted by molar-refractivity contribution is -0.136. The van der Waals surface area contributed by atoms with E-state index < -0.39 is 17.6 Å². The Morgan fingerprint density at radius 1 is 1.25 bits per heavy atom. The Hall–Kier alpha value is -2.70. The topological polar surface area (TPSA) is 105 Å². The summed E-state index contributed by atoms with van der Waals surface area (Å²) in [6.07, 6.45) is 0.596. The molecule has 0 saturated heterocycles. The molecule has 0 saturated carbocycles. The maximum absolute atomic E-state index is 11.4. The molecule has 0 aliphatic rings. The molecule has 3 N–H and O–H groups in total. The Balaban J connectivity index is 2.73. The number of amides is 1. The summed E-state index contributed by atoms with van der Waals surface area (Å²) in [6, 6.07) is 5.07. The number of benzene rings is 1. The fraction of sp³-hybridized carbons (Fsp3) is 0.231. The molecule has 7 heteroatoms. The highest BCUT2D eigenvalue weighted by molar-refractivity contribution is 5.95. The molecule has 0 spiro atoms. The van der Waals surface area contributed by atoms with Gasteiger partial charge in [0.1, 0.15) is 11.5 Å². The van der Waals surface area contributed by atoms with E-state index in [0.717, 1.165) is 0 Å². The lowest BCUT2D eigenvalue weighted by atomic mass is 10.2. The van der Waals surface area contributed by atoms with Crippen molar-refractivity contribution in [2.45, 2.75) is 6.54 Å². The number of carbonyl (C=O) groups is 2. The highest BCUT2D eigenvalue weighted by Crippen LogP contribution is 2.24. The van der Waals surface area contributed by atoms with E-state index in [-0.39, 0.29) is 6.54 Å². The molecule has 7 nitrogen and oxygen atoms in total. The lowest BCUT2D eigenvalue weighted by Gasteiger charge is -2.10. The number of ether oxygens (including phenoxy) is 2. The Labute approximate surface area is 115 Å². The maximum Gasteiger partial charge on any atom is 0.371 e. The zero-order chi connectivity index (χ0) is 15.1. The lowest BCUT2D eigenvalue weighted by Crippen LogP contribution is -2.22. The van der Waals surface area contributed by atoms with Crippen LogP contribution in [0.3, 0.4) is 0 Å². The van der Waals surface area contributed by atoms with Gasteiger partial charge in [0, 0.05) is 18.2 Å². The van der Waals surface area contributed by atoms with Crippen molar-refractivity contribution in [3.05, 3.63) is 35.6 Å². The third-order valence-electron chi connectivity index (χ3n) is 2.43. The van der Waals surface area contributed by atoms with E-state index in [9.17, 15) is 9.59 Å². The second kappa shape index (κ2) is 7.03. The smallest absolute Gasteiger partial charge is 0.371 e. The van der Waals surface area contributed by atoms with Gasteiger partial charge in [0.15, 0.2) is 0 Å². The van der Waals surface area contributed by atoms with Gasteiger partial charge in [-0.05, 0) is 12.1 Å². The minimum atomic E-state index is -1.57. The van der Waals surface area contributed by atoms with E-state index in [2.05, 4.69) is 5.32 Å². The van der Waals surface area contributed by atoms with Crippen LogP contribution in [0.15, 0.2) is 30.0 Å². The average molecular weight is 281 g/mol. The Morgan fingerprint density at radius 3 is 2.50 bits per heavy atom. The van der Waals surface area contributed by atoms with Gasteiger partial charge >= 0.3 is 5.97 Å². The molecule has 0 aliphatic carbocycles. The second-order valence-electron chi connectivity index (χ2n) is 3.73. The van der Waals surface area contributed by atoms with Crippen molar-refractivity contribution in [3.8, 4) is 11.5 Å². The van der Waals surface area contributed by atoms with Crippen LogP contribution < -0.4 is 14.8 Å². The van der Waals surface area contributed by atoms with E-state index in [0.29, 0.717) is 23.1 Å². The number of aliphatic hydroxyl groups is 1. The predicted octanol–water partition coefficient (Wildman–Crippen LogP) is 0.847. The molecular formula is C13H15NO6. The highest BCUT2D eigenvalue weighted by Gasteiger charge is 2.09. The number of hydrogen-bond donors (Lipinski definition) is 3. The Kier molecular flexibility index (Phi) is 5.40. The molecule has 0 unspecified atom stereocenters. The van der Waals surface area contributed by atoms with E-state index in [1.54, 1.807) is 18.2 Å². The van der Waals surface area contributed by atoms with Crippen LogP contribution in [0.5, 0.6) is 11.5 Å². The van der Waals surface area contributed by atoms with Crippen molar-refractivity contribution in [1.29, 1.82) is 0 Å². The van der Waals surface area contributed by atoms with Crippen LogP contribution in [0.25, 0.3) is 0 Å². The molecule has 0 fully saturated rings. The third-order valence-corrected chi connectivity index (χ3v) is 2.43. The van der Waals surface area contributed by atoms with Gasteiger partial charge in [0.05, 0.1) is 20.3 Å². The van der Waals surface area contributed by atoms with Crippen molar-refractivity contribution >= 4 is 11.9 Å². The first-order valence-electron chi connectivity index (χ1n) is 5.60. The van der Waals surface area contributed by atoms with E-state index in [1.165, 1.54) is 14.2 Å². The quantitative estimate of drug-likeness (QED) is 0.527. The van der Waals surface area contributed by atoms with Crippen LogP contribution in [0.2, 0.25) is 0 Å². The Bertz CT molecular complexity index is 538. The minimum Gasteiger partial charge on any atom is -0.502 e. The van der Waals surface area contributed by atoms with Crippen molar-refractivity contribution in [3.63, 3.8) is 0 Å². The third kappa shape index (κ3) is 4.20. The molecule has 0 radical (unpaired) electrons. The SMILES string of the molecule is COc1ccc(CNC(=O)/C=C(\O)C(=O)O)c(OC)c1. The zero-order valence-corrected chi connectivity index (χ0v) is 11.0. The molecule has 1 amide bonds. The highest BCUT2D eigenvalue weighted by atomic mass is 16.5. The summed E-state index contributed by atoms with van der Waals surface area (Å²) in [5, 5.41) is 19.8. The molecule has 0 aromatic heterocycles. The van der Waals surface area contributed by atoms with Crippen LogP contribution in [0, 0.1) is 0 Å². The molecule has 20 heavy (non-hydrogen) atoms. The number of carboxylic acid groups (broad SMARTS) is 1. The van der Waals surface area contributed by atoms with Gasteiger partial charge in [-0.25, -0.2) is 4.79 Å². The van der Waals surface area contributed by atoms with Gasteiger partial charge in [0.2, 0.25) is 11.7 Å². The standard InChI is InChI=1S/C13H15NO6/c1-19-9-4-3-8(11(5-9)20-2)7-14-12(16)6-10(15)13(17)18/h3-6,15H,7H2,1-2H3,(H,14,16)(H,17,18)/b10-6-. The van der Waals surface area contributed by atoms with Gasteiger partial charge in [0.25, 0.3) is 0 Å². The second-order valence-corrected chi connectivity index (χ2v) is 3.73. The summed E-state index contributed by atoms with van der Waals surface area (Å²) in [5.74, 6) is -2.18. The number of aliphatic carboxylic acids is 1. The normalized spacial score (nSPS) is 10.8. The summed E-state index contributed by atoms with van der Waals surface area (Å²) in [4.78, 5) is 21.7. The summed E-state index contributed by atoms with van der Waals surface area (Å²) < 4.78 is 10.2. The van der Waals surface area contributed by atoms with Crippen LogP contribution in [0.1, 0.15) is 5.56 Å². The van der Waals surface area contributed by atoms with E-state index in [1.807, 2.05) is 0 Å². The van der Waals surface area contributed by atoms with Crippen molar-refractivity contribution in [1.82, 2.24) is 5.32 Å². The summed E-state index contributed by atoms with van der Waals surface area (Å²) >= 11 is 0. The van der Waals surface area contributed by atoms with Crippen molar-refractivity contribution in [2.24, 2.45) is 0 Å². The number of nitrogens with one attached hydrogen (secondary N) is 1. The zero-order valence-electron chi connectivity index (χ0n) is 11.0. The predicted molar refractivity (Wildman–Crippen MR) is 69.7 cm³/mol. The minimum absolute atomic E-state index is 0.120. The summed E-state index contributed by atoms with van der Waals surface area (Å²) in [5.41, 5.74) is 0.685. The van der Waals surface area contributed by atoms with Crippen molar-refractivity contribution < 1.29 is 29.3 Å². The molecule has 0 heterocycles. The molecular weight excluding hydrogens is 266 g/mol. The summed E-state index contributed by atoms with van der Waals surface area (Å²) in [7, 11) is 3.01. The van der Waals surface area contributed by atoms with Crippen LogP contribution in [-0.4, -0.2) is 36.3 Å². The first-order valence-corrected chi connectivity index (χ1v) is 5.60. The van der Waals surface area contributed by atoms with E-state index in [4.69, 9.17) is 19.7 Å². The fourth-order valence-electron chi connectivity index (χ4n) is 1.42. The van der Waals surface area contributed by atoms with Gasteiger partial charge in [-0.3, -0.25) is 4.79 Å². The number of methoxy groups -OCH3 is 2. The molecule has 1 rings (SSSR count). The maximum atomic E-state index is 11.4. The van der Waals surface area contributed by atoms with Crippen LogP contribution in [-0.2, 0) is 16.1 Å². The molecule has 108 valence electrons. The number of hydrogen-bond acceptors (Lipinski definition) is 5. The first-order chi connectivity index (χ1) is 9.47. The number of rotatable bonds is 6. The molecule has 0 aliphatic heterocycles. The largest absolute Gasteiger partial charge is 0.502 e. The number of aliphatic hydroxyl groups excluding tert-OH is 1. The molecule has 0 bridgehead atoms. The molecule has 1 aromatic rings. The average Bonchev–Trinajstić information content (AvgIpc) is 2.44. The fourth-order valence-corrected chi connectivity index (χ4v) is 1.42. The monoisotopic (exact) mass is 281 g/mol. The number of carboxylic acids is 1. The van der Waals surface area contributed by atoms with Gasteiger partial charge in [-0.1, -0.05) is 0 Å². The van der Waals surface area contributed by atoms with Gasteiger partial charge in [-0.2, -0.15) is 0 Å². The van der Waals surface area contributed by atoms with Gasteiger partial charge in [-0.15, -0.1) is 0 Å². The molecule has 1 aromatic carbocycles. The van der Waals surface area contributed by atoms with Crippen molar-refractivity contribution in [2.75, 3.05) is 14.2 Å². The summed E-state index contributed by atoms with van der Waals surface area (Å²) in [6.45, 7) is 0.120. The molecule has 0 atom stereocenters. The van der Waals surface area contributed by atoms with Gasteiger partial charge < -0.3 is 25.0 Å². The van der Waals surface area contributed by atoms with Crippen LogP contribution in [0.4, 0.5) is 0 Å². The van der Waals surface area contributed by atoms with Crippen LogP contribution >= 0.6 is 0 Å². The number of carbonyl (C=O) groups excluding carboxylic acids is 1.